The zero-order chi connectivity index (χ0) is 13.4. The molecule has 18 heavy (non-hydrogen) atoms. The van der Waals surface area contributed by atoms with Crippen molar-refractivity contribution in [3.05, 3.63) is 29.8 Å². The summed E-state index contributed by atoms with van der Waals surface area (Å²) in [6, 6.07) is 7.76. The molecule has 1 aromatic rings. The van der Waals surface area contributed by atoms with Crippen molar-refractivity contribution < 1.29 is 9.53 Å². The van der Waals surface area contributed by atoms with Crippen LogP contribution in [0.2, 0.25) is 0 Å². The molecule has 3 nitrogen and oxygen atoms in total. The van der Waals surface area contributed by atoms with Gasteiger partial charge >= 0.3 is 5.97 Å². The summed E-state index contributed by atoms with van der Waals surface area (Å²) in [5, 5.41) is 3.24. The molecule has 1 N–H and O–H groups in total. The fourth-order valence-electron chi connectivity index (χ4n) is 1.58. The molecule has 1 aromatic carbocycles. The van der Waals surface area contributed by atoms with E-state index in [0.717, 1.165) is 17.9 Å². The van der Waals surface area contributed by atoms with Crippen molar-refractivity contribution in [2.24, 2.45) is 0 Å². The summed E-state index contributed by atoms with van der Waals surface area (Å²) in [5.41, 5.74) is 2.16. The van der Waals surface area contributed by atoms with Crippen molar-refractivity contribution in [1.82, 2.24) is 0 Å². The Balaban J connectivity index is 2.64. The first-order chi connectivity index (χ1) is 8.67. The van der Waals surface area contributed by atoms with E-state index in [-0.39, 0.29) is 12.0 Å². The third-order valence-electron chi connectivity index (χ3n) is 2.57. The number of carbonyl (C=O) groups excluding carboxylic acids is 1. The van der Waals surface area contributed by atoms with Gasteiger partial charge in [0.2, 0.25) is 0 Å². The summed E-state index contributed by atoms with van der Waals surface area (Å²) in [7, 11) is 0. The van der Waals surface area contributed by atoms with E-state index in [9.17, 15) is 4.79 Å². The van der Waals surface area contributed by atoms with Gasteiger partial charge in [-0.15, -0.1) is 0 Å². The first-order valence-corrected chi connectivity index (χ1v) is 7.55. The molecule has 0 heterocycles. The first kappa shape index (κ1) is 14.9. The Labute approximate surface area is 113 Å². The van der Waals surface area contributed by atoms with Crippen molar-refractivity contribution in [2.45, 2.75) is 26.3 Å². The van der Waals surface area contributed by atoms with Gasteiger partial charge in [-0.05, 0) is 44.4 Å². The molecule has 0 amide bonds. The number of hydrogen-bond donors (Lipinski definition) is 1. The molecule has 0 unspecified atom stereocenters. The molecule has 100 valence electrons. The van der Waals surface area contributed by atoms with E-state index in [1.165, 1.54) is 5.56 Å². The lowest BCUT2D eigenvalue weighted by Gasteiger charge is -2.18. The van der Waals surface area contributed by atoms with Gasteiger partial charge in [-0.2, -0.15) is 11.8 Å². The first-order valence-electron chi connectivity index (χ1n) is 6.16. The molecule has 0 aliphatic carbocycles. The maximum Gasteiger partial charge on any atom is 0.328 e. The van der Waals surface area contributed by atoms with Crippen LogP contribution in [0.5, 0.6) is 0 Å². The zero-order valence-electron chi connectivity index (χ0n) is 11.2. The topological polar surface area (TPSA) is 38.3 Å². The maximum absolute atomic E-state index is 11.8. The Kier molecular flexibility index (Phi) is 6.65. The minimum atomic E-state index is -0.264. The van der Waals surface area contributed by atoms with Crippen LogP contribution < -0.4 is 5.32 Å². The van der Waals surface area contributed by atoms with Gasteiger partial charge in [-0.3, -0.25) is 0 Å². The van der Waals surface area contributed by atoms with Crippen molar-refractivity contribution in [2.75, 3.05) is 23.9 Å². The van der Waals surface area contributed by atoms with Crippen molar-refractivity contribution in [1.29, 1.82) is 0 Å². The number of aryl methyl sites for hydroxylation is 1. The fraction of sp³-hybridized carbons (Fsp3) is 0.500. The molecule has 0 saturated heterocycles. The number of anilines is 1. The molecule has 1 atom stereocenters. The molecule has 0 fully saturated rings. The number of carbonyl (C=O) groups is 1. The van der Waals surface area contributed by atoms with Gasteiger partial charge in [0.15, 0.2) is 0 Å². The van der Waals surface area contributed by atoms with Gasteiger partial charge < -0.3 is 10.1 Å². The van der Waals surface area contributed by atoms with Crippen LogP contribution in [0, 0.1) is 6.92 Å². The van der Waals surface area contributed by atoms with E-state index in [0.29, 0.717) is 6.61 Å². The van der Waals surface area contributed by atoms with Crippen LogP contribution in [-0.2, 0) is 9.53 Å². The van der Waals surface area contributed by atoms with Crippen LogP contribution in [0.3, 0.4) is 0 Å². The number of hydrogen-bond acceptors (Lipinski definition) is 4. The summed E-state index contributed by atoms with van der Waals surface area (Å²) >= 11 is 1.73. The average Bonchev–Trinajstić information content (AvgIpc) is 2.37. The monoisotopic (exact) mass is 267 g/mol. The lowest BCUT2D eigenvalue weighted by molar-refractivity contribution is -0.144. The second-order valence-corrected chi connectivity index (χ2v) is 5.08. The van der Waals surface area contributed by atoms with Gasteiger partial charge in [-0.1, -0.05) is 17.7 Å². The van der Waals surface area contributed by atoms with Gasteiger partial charge in [0.25, 0.3) is 0 Å². The molecule has 0 aliphatic rings. The second kappa shape index (κ2) is 8.03. The van der Waals surface area contributed by atoms with Crippen LogP contribution in [0.25, 0.3) is 0 Å². The SMILES string of the molecule is CCOC(=O)[C@H](CCSC)Nc1ccc(C)cc1. The number of thioether (sulfide) groups is 1. The van der Waals surface area contributed by atoms with E-state index >= 15 is 0 Å². The van der Waals surface area contributed by atoms with E-state index in [1.807, 2.05) is 44.4 Å². The Morgan fingerprint density at radius 3 is 2.61 bits per heavy atom. The van der Waals surface area contributed by atoms with Gasteiger partial charge in [-0.25, -0.2) is 4.79 Å². The third-order valence-corrected chi connectivity index (χ3v) is 3.22. The molecule has 0 radical (unpaired) electrons. The van der Waals surface area contributed by atoms with Gasteiger partial charge in [0.1, 0.15) is 6.04 Å². The van der Waals surface area contributed by atoms with Crippen LogP contribution in [0.15, 0.2) is 24.3 Å². The molecular weight excluding hydrogens is 246 g/mol. The largest absolute Gasteiger partial charge is 0.464 e. The summed E-state index contributed by atoms with van der Waals surface area (Å²) in [4.78, 5) is 11.8. The molecule has 4 heteroatoms. The van der Waals surface area contributed by atoms with Crippen LogP contribution in [0.4, 0.5) is 5.69 Å². The number of benzene rings is 1. The molecule has 0 bridgehead atoms. The Hall–Kier alpha value is -1.16. The summed E-state index contributed by atoms with van der Waals surface area (Å²) in [6.45, 7) is 4.29. The number of ether oxygens (including phenoxy) is 1. The molecule has 0 aromatic heterocycles. The Morgan fingerprint density at radius 1 is 1.39 bits per heavy atom. The lowest BCUT2D eigenvalue weighted by atomic mass is 10.2. The Morgan fingerprint density at radius 2 is 2.06 bits per heavy atom. The quantitative estimate of drug-likeness (QED) is 0.770. The van der Waals surface area contributed by atoms with Gasteiger partial charge in [0, 0.05) is 5.69 Å². The van der Waals surface area contributed by atoms with E-state index in [4.69, 9.17) is 4.74 Å². The van der Waals surface area contributed by atoms with Gasteiger partial charge in [0.05, 0.1) is 6.61 Å². The van der Waals surface area contributed by atoms with Crippen LogP contribution >= 0.6 is 11.8 Å². The summed E-state index contributed by atoms with van der Waals surface area (Å²) in [5.74, 6) is 0.759. The standard InChI is InChI=1S/C14H21NO2S/c1-4-17-14(16)13(9-10-18-3)15-12-7-5-11(2)6-8-12/h5-8,13,15H,4,9-10H2,1-3H3/t13-/m0/s1. The smallest absolute Gasteiger partial charge is 0.328 e. The molecule has 0 saturated carbocycles. The van der Waals surface area contributed by atoms with E-state index in [2.05, 4.69) is 5.32 Å². The zero-order valence-corrected chi connectivity index (χ0v) is 12.0. The third kappa shape index (κ3) is 5.00. The molecule has 0 spiro atoms. The molecule has 1 rings (SSSR count). The maximum atomic E-state index is 11.8. The highest BCUT2D eigenvalue weighted by molar-refractivity contribution is 7.98. The highest BCUT2D eigenvalue weighted by Gasteiger charge is 2.18. The van der Waals surface area contributed by atoms with Crippen molar-refractivity contribution in [3.63, 3.8) is 0 Å². The second-order valence-electron chi connectivity index (χ2n) is 4.10. The van der Waals surface area contributed by atoms with Crippen molar-refractivity contribution >= 4 is 23.4 Å². The molecule has 0 aliphatic heterocycles. The highest BCUT2D eigenvalue weighted by atomic mass is 32.2. The summed E-state index contributed by atoms with van der Waals surface area (Å²) < 4.78 is 5.09. The normalized spacial score (nSPS) is 11.9. The number of nitrogens with one attached hydrogen (secondary N) is 1. The number of esters is 1. The van der Waals surface area contributed by atoms with Crippen LogP contribution in [0.1, 0.15) is 18.9 Å². The highest BCUT2D eigenvalue weighted by Crippen LogP contribution is 2.13. The average molecular weight is 267 g/mol. The van der Waals surface area contributed by atoms with Crippen LogP contribution in [-0.4, -0.2) is 30.6 Å². The molecular formula is C14H21NO2S. The predicted octanol–water partition coefficient (Wildman–Crippen LogP) is 3.09. The lowest BCUT2D eigenvalue weighted by Crippen LogP contribution is -2.32. The minimum absolute atomic E-state index is 0.174. The van der Waals surface area contributed by atoms with E-state index in [1.54, 1.807) is 11.8 Å². The Bertz CT molecular complexity index is 365. The summed E-state index contributed by atoms with van der Waals surface area (Å²) in [6.07, 6.45) is 2.81. The predicted molar refractivity (Wildman–Crippen MR) is 78.2 cm³/mol. The van der Waals surface area contributed by atoms with Crippen molar-refractivity contribution in [3.8, 4) is 0 Å². The fourth-order valence-corrected chi connectivity index (χ4v) is 2.05. The number of rotatable bonds is 7. The minimum Gasteiger partial charge on any atom is -0.464 e. The van der Waals surface area contributed by atoms with E-state index < -0.39 is 0 Å².